The van der Waals surface area contributed by atoms with Gasteiger partial charge in [0.05, 0.1) is 17.4 Å². The molecular formula is C19H17ClN2O4S. The molecule has 1 aliphatic rings. The van der Waals surface area contributed by atoms with E-state index in [1.54, 1.807) is 31.2 Å². The van der Waals surface area contributed by atoms with Crippen molar-refractivity contribution >= 4 is 52.5 Å². The fraction of sp³-hybridized carbons (Fsp3) is 0.211. The van der Waals surface area contributed by atoms with Crippen molar-refractivity contribution in [3.63, 3.8) is 0 Å². The number of amides is 2. The summed E-state index contributed by atoms with van der Waals surface area (Å²) in [6.45, 7) is 1.35. The first kappa shape index (κ1) is 19.3. The summed E-state index contributed by atoms with van der Waals surface area (Å²) in [6, 6.07) is 12.5. The van der Waals surface area contributed by atoms with Gasteiger partial charge in [0.15, 0.2) is 6.61 Å². The zero-order chi connectivity index (χ0) is 19.4. The molecule has 2 N–H and O–H groups in total. The van der Waals surface area contributed by atoms with Crippen molar-refractivity contribution in [3.05, 3.63) is 53.1 Å². The van der Waals surface area contributed by atoms with Gasteiger partial charge in [0.1, 0.15) is 0 Å². The summed E-state index contributed by atoms with van der Waals surface area (Å²) in [6.07, 6.45) is -0.117. The number of fused-ring (bicyclic) bond motifs is 1. The normalized spacial score (nSPS) is 15.5. The maximum absolute atomic E-state index is 12.1. The van der Waals surface area contributed by atoms with Crippen LogP contribution in [0.15, 0.2) is 47.4 Å². The van der Waals surface area contributed by atoms with Crippen LogP contribution in [0.25, 0.3) is 0 Å². The summed E-state index contributed by atoms with van der Waals surface area (Å²) in [7, 11) is 0. The highest BCUT2D eigenvalue weighted by atomic mass is 35.5. The number of esters is 1. The Morgan fingerprint density at radius 2 is 2.00 bits per heavy atom. The second-order valence-electron chi connectivity index (χ2n) is 5.92. The van der Waals surface area contributed by atoms with Gasteiger partial charge in [-0.1, -0.05) is 29.8 Å². The first-order valence-corrected chi connectivity index (χ1v) is 9.47. The van der Waals surface area contributed by atoms with E-state index < -0.39 is 23.7 Å². The molecule has 1 atom stereocenters. The summed E-state index contributed by atoms with van der Waals surface area (Å²) in [4.78, 5) is 37.0. The second kappa shape index (κ2) is 8.45. The molecule has 6 nitrogen and oxygen atoms in total. The summed E-state index contributed by atoms with van der Waals surface area (Å²) < 4.78 is 5.01. The first-order chi connectivity index (χ1) is 12.9. The number of carbonyl (C=O) groups excluding carboxylic acids is 3. The highest BCUT2D eigenvalue weighted by Gasteiger charge is 2.29. The fourth-order valence-corrected chi connectivity index (χ4v) is 3.78. The van der Waals surface area contributed by atoms with Crippen LogP contribution in [-0.2, 0) is 19.1 Å². The highest BCUT2D eigenvalue weighted by molar-refractivity contribution is 8.01. The zero-order valence-corrected chi connectivity index (χ0v) is 16.0. The lowest BCUT2D eigenvalue weighted by molar-refractivity contribution is -0.147. The summed E-state index contributed by atoms with van der Waals surface area (Å²) >= 11 is 7.31. The van der Waals surface area contributed by atoms with Crippen LogP contribution in [0.2, 0.25) is 5.02 Å². The van der Waals surface area contributed by atoms with Gasteiger partial charge in [-0.25, -0.2) is 0 Å². The minimum atomic E-state index is -0.611. The Kier molecular flexibility index (Phi) is 6.03. The average Bonchev–Trinajstić information content (AvgIpc) is 2.64. The lowest BCUT2D eigenvalue weighted by atomic mass is 10.2. The fourth-order valence-electron chi connectivity index (χ4n) is 2.51. The van der Waals surface area contributed by atoms with E-state index in [4.69, 9.17) is 16.3 Å². The molecule has 2 aromatic rings. The number of carbonyl (C=O) groups is 3. The van der Waals surface area contributed by atoms with Gasteiger partial charge in [-0.15, -0.1) is 11.8 Å². The van der Waals surface area contributed by atoms with Crippen molar-refractivity contribution in [2.45, 2.75) is 23.5 Å². The van der Waals surface area contributed by atoms with Crippen molar-refractivity contribution in [1.82, 2.24) is 0 Å². The van der Waals surface area contributed by atoms with Gasteiger partial charge < -0.3 is 15.4 Å². The van der Waals surface area contributed by atoms with Gasteiger partial charge in [0.2, 0.25) is 5.91 Å². The molecule has 27 heavy (non-hydrogen) atoms. The minimum Gasteiger partial charge on any atom is -0.456 e. The number of halogens is 1. The van der Waals surface area contributed by atoms with Crippen LogP contribution in [0.3, 0.4) is 0 Å². The summed E-state index contributed by atoms with van der Waals surface area (Å²) in [5, 5.41) is 5.35. The Morgan fingerprint density at radius 1 is 1.22 bits per heavy atom. The van der Waals surface area contributed by atoms with Crippen LogP contribution < -0.4 is 10.6 Å². The van der Waals surface area contributed by atoms with Crippen LogP contribution in [0.5, 0.6) is 0 Å². The highest BCUT2D eigenvalue weighted by Crippen LogP contribution is 2.36. The van der Waals surface area contributed by atoms with E-state index in [1.165, 1.54) is 11.8 Å². The minimum absolute atomic E-state index is 0.117. The molecule has 0 saturated heterocycles. The quantitative estimate of drug-likeness (QED) is 0.743. The van der Waals surface area contributed by atoms with E-state index in [0.717, 1.165) is 16.1 Å². The van der Waals surface area contributed by atoms with Crippen LogP contribution in [0.1, 0.15) is 12.0 Å². The molecule has 1 heterocycles. The van der Waals surface area contributed by atoms with E-state index in [1.807, 2.05) is 18.2 Å². The third kappa shape index (κ3) is 4.81. The van der Waals surface area contributed by atoms with Gasteiger partial charge >= 0.3 is 5.97 Å². The van der Waals surface area contributed by atoms with Crippen molar-refractivity contribution < 1.29 is 19.1 Å². The van der Waals surface area contributed by atoms with E-state index >= 15 is 0 Å². The number of ether oxygens (including phenoxy) is 1. The van der Waals surface area contributed by atoms with Gasteiger partial charge in [0.25, 0.3) is 5.91 Å². The van der Waals surface area contributed by atoms with E-state index in [9.17, 15) is 14.4 Å². The Morgan fingerprint density at radius 3 is 2.81 bits per heavy atom. The molecule has 140 valence electrons. The molecule has 0 radical (unpaired) electrons. The molecule has 0 spiro atoms. The number of nitrogens with one attached hydrogen (secondary N) is 2. The standard InChI is InChI=1S/C19H17ClN2O4S/c1-11-12(20)5-4-7-13(11)21-17(23)10-26-18(24)9-16-19(25)22-14-6-2-3-8-15(14)27-16/h2-8,16H,9-10H2,1H3,(H,21,23)(H,22,25)/t16-/m1/s1. The molecule has 2 amide bonds. The molecule has 0 fully saturated rings. The van der Waals surface area contributed by atoms with Crippen molar-refractivity contribution in [2.75, 3.05) is 17.2 Å². The molecule has 8 heteroatoms. The van der Waals surface area contributed by atoms with Gasteiger partial charge in [0, 0.05) is 15.6 Å². The topological polar surface area (TPSA) is 84.5 Å². The number of hydrogen-bond donors (Lipinski definition) is 2. The Bertz CT molecular complexity index is 903. The summed E-state index contributed by atoms with van der Waals surface area (Å²) in [5.74, 6) is -1.34. The predicted octanol–water partition coefficient (Wildman–Crippen LogP) is 3.63. The summed E-state index contributed by atoms with van der Waals surface area (Å²) in [5.41, 5.74) is 2.02. The van der Waals surface area contributed by atoms with Crippen molar-refractivity contribution in [3.8, 4) is 0 Å². The molecule has 3 rings (SSSR count). The number of benzene rings is 2. The SMILES string of the molecule is Cc1c(Cl)cccc1NC(=O)COC(=O)C[C@H]1Sc2ccccc2NC1=O. The lowest BCUT2D eigenvalue weighted by Crippen LogP contribution is -2.32. The Labute approximate surface area is 165 Å². The molecular weight excluding hydrogens is 388 g/mol. The number of rotatable bonds is 5. The maximum Gasteiger partial charge on any atom is 0.307 e. The first-order valence-electron chi connectivity index (χ1n) is 8.21. The number of thioether (sulfide) groups is 1. The van der Waals surface area contributed by atoms with E-state index in [-0.39, 0.29) is 12.3 Å². The average molecular weight is 405 g/mol. The Balaban J connectivity index is 1.50. The zero-order valence-electron chi connectivity index (χ0n) is 14.5. The monoisotopic (exact) mass is 404 g/mol. The third-order valence-electron chi connectivity index (χ3n) is 3.96. The van der Waals surface area contributed by atoms with Gasteiger partial charge in [-0.05, 0) is 36.8 Å². The van der Waals surface area contributed by atoms with Crippen LogP contribution in [-0.4, -0.2) is 29.6 Å². The van der Waals surface area contributed by atoms with Crippen LogP contribution >= 0.6 is 23.4 Å². The van der Waals surface area contributed by atoms with Crippen LogP contribution in [0, 0.1) is 6.92 Å². The number of anilines is 2. The van der Waals surface area contributed by atoms with Crippen molar-refractivity contribution in [1.29, 1.82) is 0 Å². The Hall–Kier alpha value is -2.51. The van der Waals surface area contributed by atoms with Crippen molar-refractivity contribution in [2.24, 2.45) is 0 Å². The molecule has 0 bridgehead atoms. The van der Waals surface area contributed by atoms with E-state index in [2.05, 4.69) is 10.6 Å². The second-order valence-corrected chi connectivity index (χ2v) is 7.57. The third-order valence-corrected chi connectivity index (χ3v) is 5.65. The van der Waals surface area contributed by atoms with Crippen LogP contribution in [0.4, 0.5) is 11.4 Å². The van der Waals surface area contributed by atoms with Gasteiger partial charge in [-0.2, -0.15) is 0 Å². The smallest absolute Gasteiger partial charge is 0.307 e. The molecule has 0 aromatic heterocycles. The van der Waals surface area contributed by atoms with Gasteiger partial charge in [-0.3, -0.25) is 14.4 Å². The number of hydrogen-bond acceptors (Lipinski definition) is 5. The molecule has 2 aromatic carbocycles. The molecule has 1 aliphatic heterocycles. The molecule has 0 aliphatic carbocycles. The number of para-hydroxylation sites is 1. The van der Waals surface area contributed by atoms with E-state index in [0.29, 0.717) is 10.7 Å². The molecule has 0 saturated carbocycles. The maximum atomic E-state index is 12.1. The largest absolute Gasteiger partial charge is 0.456 e. The predicted molar refractivity (Wildman–Crippen MR) is 105 cm³/mol. The lowest BCUT2D eigenvalue weighted by Gasteiger charge is -2.23. The molecule has 0 unspecified atom stereocenters.